The van der Waals surface area contributed by atoms with E-state index in [0.29, 0.717) is 19.3 Å². The number of carbonyl (C=O) groups is 3. The van der Waals surface area contributed by atoms with Crippen LogP contribution in [0.4, 0.5) is 0 Å². The van der Waals surface area contributed by atoms with Crippen LogP contribution in [0.5, 0.6) is 0 Å². The van der Waals surface area contributed by atoms with Gasteiger partial charge in [0.1, 0.15) is 13.2 Å². The number of hydrogen-bond donors (Lipinski definition) is 0. The third kappa shape index (κ3) is 58.6. The lowest BCUT2D eigenvalue weighted by atomic mass is 10.0. The maximum atomic E-state index is 12.8. The Balaban J connectivity index is 4.36. The number of unbranched alkanes of at least 4 members (excludes halogenated alkanes) is 22. The van der Waals surface area contributed by atoms with Crippen molar-refractivity contribution in [1.29, 1.82) is 0 Å². The molecule has 0 amide bonds. The Morgan fingerprint density at radius 1 is 0.288 bits per heavy atom. The van der Waals surface area contributed by atoms with Gasteiger partial charge in [-0.3, -0.25) is 14.4 Å². The van der Waals surface area contributed by atoms with Crippen LogP contribution >= 0.6 is 0 Å². The van der Waals surface area contributed by atoms with Crippen LogP contribution in [0.1, 0.15) is 265 Å². The number of esters is 3. The monoisotopic (exact) mass is 1010 g/mol. The average molecular weight is 1010 g/mol. The summed E-state index contributed by atoms with van der Waals surface area (Å²) in [6.07, 6.45) is 83.4. The maximum Gasteiger partial charge on any atom is 0.306 e. The Bertz CT molecular complexity index is 1540. The standard InChI is InChI=1S/C67H110O6/c1-4-7-10-13-16-19-22-25-27-28-29-30-31-32-33-34-35-36-37-38-40-42-45-48-51-54-57-60-66(69)72-63-64(62-71-65(68)59-56-53-50-47-44-41-24-21-18-15-12-9-6-3)73-67(70)61-58-55-52-49-46-43-39-26-23-20-17-14-11-8-5-2/h7-8,10-11,16-17,19-20,25-27,29-30,32-33,35-36,39,46,49,64H,4-6,9,12-15,18,21-24,28,31,34,37-38,40-45,47-48,50-63H2,1-3H3/b10-7-,11-8-,19-16-,20-17-,27-25-,30-29-,33-32-,36-35-,39-26-,49-46-. The lowest BCUT2D eigenvalue weighted by Crippen LogP contribution is -2.30. The summed E-state index contributed by atoms with van der Waals surface area (Å²) >= 11 is 0. The molecule has 0 saturated carbocycles. The summed E-state index contributed by atoms with van der Waals surface area (Å²) in [4.78, 5) is 38.2. The van der Waals surface area contributed by atoms with Gasteiger partial charge in [0, 0.05) is 19.3 Å². The number of rotatable bonds is 53. The van der Waals surface area contributed by atoms with Crippen LogP contribution in [0.2, 0.25) is 0 Å². The molecule has 73 heavy (non-hydrogen) atoms. The van der Waals surface area contributed by atoms with Crippen molar-refractivity contribution in [2.45, 2.75) is 271 Å². The van der Waals surface area contributed by atoms with Crippen LogP contribution in [-0.2, 0) is 28.6 Å². The number of allylic oxidation sites excluding steroid dienone is 20. The summed E-state index contributed by atoms with van der Waals surface area (Å²) in [5, 5.41) is 0. The van der Waals surface area contributed by atoms with Crippen LogP contribution in [-0.4, -0.2) is 37.2 Å². The summed E-state index contributed by atoms with van der Waals surface area (Å²) in [6, 6.07) is 0. The maximum absolute atomic E-state index is 12.8. The molecule has 0 saturated heterocycles. The molecule has 0 aromatic carbocycles. The molecule has 1 unspecified atom stereocenters. The van der Waals surface area contributed by atoms with Crippen molar-refractivity contribution < 1.29 is 28.6 Å². The van der Waals surface area contributed by atoms with Gasteiger partial charge in [-0.25, -0.2) is 0 Å². The molecular weight excluding hydrogens is 901 g/mol. The minimum absolute atomic E-state index is 0.0976. The Labute approximate surface area is 450 Å². The van der Waals surface area contributed by atoms with Crippen LogP contribution < -0.4 is 0 Å². The summed E-state index contributed by atoms with van der Waals surface area (Å²) in [5.74, 6) is -0.947. The molecule has 414 valence electrons. The molecule has 0 aliphatic rings. The molecule has 0 radical (unpaired) electrons. The van der Waals surface area contributed by atoms with E-state index in [4.69, 9.17) is 14.2 Å². The highest BCUT2D eigenvalue weighted by Crippen LogP contribution is 2.15. The third-order valence-electron chi connectivity index (χ3n) is 12.5. The predicted octanol–water partition coefficient (Wildman–Crippen LogP) is 20.4. The van der Waals surface area contributed by atoms with Crippen molar-refractivity contribution >= 4 is 17.9 Å². The van der Waals surface area contributed by atoms with E-state index in [0.717, 1.165) is 122 Å². The van der Waals surface area contributed by atoms with Gasteiger partial charge in [-0.05, 0) is 109 Å². The minimum atomic E-state index is -0.805. The first-order chi connectivity index (χ1) is 36.0. The van der Waals surface area contributed by atoms with Crippen LogP contribution in [0.25, 0.3) is 0 Å². The highest BCUT2D eigenvalue weighted by Gasteiger charge is 2.19. The zero-order chi connectivity index (χ0) is 52.9. The Morgan fingerprint density at radius 2 is 0.534 bits per heavy atom. The lowest BCUT2D eigenvalue weighted by Gasteiger charge is -2.18. The van der Waals surface area contributed by atoms with E-state index >= 15 is 0 Å². The summed E-state index contributed by atoms with van der Waals surface area (Å²) in [6.45, 7) is 6.37. The van der Waals surface area contributed by atoms with Crippen LogP contribution in [0, 0.1) is 0 Å². The van der Waals surface area contributed by atoms with Crippen molar-refractivity contribution in [2.24, 2.45) is 0 Å². The predicted molar refractivity (Wildman–Crippen MR) is 316 cm³/mol. The molecule has 0 aromatic rings. The zero-order valence-corrected chi connectivity index (χ0v) is 47.4. The van der Waals surface area contributed by atoms with Crippen LogP contribution in [0.15, 0.2) is 122 Å². The molecule has 6 heteroatoms. The first-order valence-electron chi connectivity index (χ1n) is 30.0. The van der Waals surface area contributed by atoms with Gasteiger partial charge in [0.2, 0.25) is 0 Å². The molecule has 0 bridgehead atoms. The number of hydrogen-bond acceptors (Lipinski definition) is 6. The largest absolute Gasteiger partial charge is 0.462 e. The van der Waals surface area contributed by atoms with Gasteiger partial charge >= 0.3 is 17.9 Å². The average Bonchev–Trinajstić information content (AvgIpc) is 3.39. The molecule has 1 atom stereocenters. The minimum Gasteiger partial charge on any atom is -0.462 e. The molecule has 0 N–H and O–H groups in total. The van der Waals surface area contributed by atoms with E-state index in [9.17, 15) is 14.4 Å². The topological polar surface area (TPSA) is 78.9 Å². The van der Waals surface area contributed by atoms with E-state index in [1.165, 1.54) is 96.3 Å². The highest BCUT2D eigenvalue weighted by atomic mass is 16.6. The van der Waals surface area contributed by atoms with Crippen LogP contribution in [0.3, 0.4) is 0 Å². The van der Waals surface area contributed by atoms with Gasteiger partial charge in [0.15, 0.2) is 6.10 Å². The Hall–Kier alpha value is -4.19. The zero-order valence-electron chi connectivity index (χ0n) is 47.4. The Kier molecular flexibility index (Phi) is 56.9. The fourth-order valence-electron chi connectivity index (χ4n) is 8.03. The van der Waals surface area contributed by atoms with Crippen molar-refractivity contribution in [3.8, 4) is 0 Å². The molecule has 0 rings (SSSR count). The molecule has 0 heterocycles. The second-order valence-corrected chi connectivity index (χ2v) is 19.5. The second-order valence-electron chi connectivity index (χ2n) is 19.5. The van der Waals surface area contributed by atoms with E-state index in [1.54, 1.807) is 0 Å². The van der Waals surface area contributed by atoms with Gasteiger partial charge < -0.3 is 14.2 Å². The van der Waals surface area contributed by atoms with E-state index < -0.39 is 6.10 Å². The molecule has 0 spiro atoms. The first kappa shape index (κ1) is 68.8. The van der Waals surface area contributed by atoms with Crippen molar-refractivity contribution in [3.63, 3.8) is 0 Å². The highest BCUT2D eigenvalue weighted by molar-refractivity contribution is 5.71. The van der Waals surface area contributed by atoms with Gasteiger partial charge in [-0.15, -0.1) is 0 Å². The molecule has 0 aliphatic carbocycles. The van der Waals surface area contributed by atoms with Crippen molar-refractivity contribution in [2.75, 3.05) is 13.2 Å². The fraction of sp³-hybridized carbons (Fsp3) is 0.657. The number of carbonyl (C=O) groups excluding carboxylic acids is 3. The van der Waals surface area contributed by atoms with Crippen molar-refractivity contribution in [1.82, 2.24) is 0 Å². The molecule has 0 aliphatic heterocycles. The summed E-state index contributed by atoms with van der Waals surface area (Å²) < 4.78 is 16.8. The lowest BCUT2D eigenvalue weighted by molar-refractivity contribution is -0.167. The molecule has 0 fully saturated rings. The molecule has 0 aromatic heterocycles. The smallest absolute Gasteiger partial charge is 0.306 e. The second kappa shape index (κ2) is 60.4. The number of ether oxygens (including phenoxy) is 3. The molecule has 6 nitrogen and oxygen atoms in total. The quantitative estimate of drug-likeness (QED) is 0.0261. The van der Waals surface area contributed by atoms with E-state index in [1.807, 2.05) is 0 Å². The van der Waals surface area contributed by atoms with Gasteiger partial charge in [0.25, 0.3) is 0 Å². The van der Waals surface area contributed by atoms with Gasteiger partial charge in [-0.2, -0.15) is 0 Å². The van der Waals surface area contributed by atoms with E-state index in [-0.39, 0.29) is 37.5 Å². The third-order valence-corrected chi connectivity index (χ3v) is 12.5. The van der Waals surface area contributed by atoms with Gasteiger partial charge in [-0.1, -0.05) is 258 Å². The summed E-state index contributed by atoms with van der Waals surface area (Å²) in [7, 11) is 0. The van der Waals surface area contributed by atoms with E-state index in [2.05, 4.69) is 142 Å². The first-order valence-corrected chi connectivity index (χ1v) is 30.0. The summed E-state index contributed by atoms with van der Waals surface area (Å²) in [5.41, 5.74) is 0. The molecular formula is C67H110O6. The fourth-order valence-corrected chi connectivity index (χ4v) is 8.03. The van der Waals surface area contributed by atoms with Crippen molar-refractivity contribution in [3.05, 3.63) is 122 Å². The van der Waals surface area contributed by atoms with Gasteiger partial charge in [0.05, 0.1) is 0 Å². The SMILES string of the molecule is CC/C=C\C/C=C\C/C=C\C/C=C\C/C=C\C/C=C\CCCCCCCCCCC(=O)OCC(COC(=O)CCCCCCCCCCCCCCC)OC(=O)CCCC/C=C\C/C=C\C/C=C\C/C=C\CC. The normalized spacial score (nSPS) is 13.0. The Morgan fingerprint density at radius 3 is 0.863 bits per heavy atom.